The second-order valence-electron chi connectivity index (χ2n) is 4.50. The highest BCUT2D eigenvalue weighted by molar-refractivity contribution is 7.71. The molecular formula is C13H16N4OS. The van der Waals surface area contributed by atoms with Crippen LogP contribution in [0.5, 0.6) is 0 Å². The number of rotatable bonds is 3. The molecule has 0 fully saturated rings. The van der Waals surface area contributed by atoms with Crippen LogP contribution >= 0.6 is 12.2 Å². The Morgan fingerprint density at radius 1 is 1.37 bits per heavy atom. The molecule has 2 rings (SSSR count). The maximum absolute atomic E-state index is 12.1. The topological polar surface area (TPSA) is 53.9 Å². The van der Waals surface area contributed by atoms with Gasteiger partial charge in [-0.1, -0.05) is 30.3 Å². The molecule has 0 radical (unpaired) electrons. The van der Waals surface area contributed by atoms with E-state index in [0.717, 1.165) is 5.56 Å². The minimum absolute atomic E-state index is 0.0188. The van der Waals surface area contributed by atoms with Gasteiger partial charge in [0.15, 0.2) is 10.6 Å². The third-order valence-corrected chi connectivity index (χ3v) is 3.21. The van der Waals surface area contributed by atoms with Gasteiger partial charge in [0.2, 0.25) is 5.91 Å². The van der Waals surface area contributed by atoms with Crippen LogP contribution in [0.3, 0.4) is 0 Å². The van der Waals surface area contributed by atoms with Gasteiger partial charge >= 0.3 is 0 Å². The van der Waals surface area contributed by atoms with E-state index < -0.39 is 6.04 Å². The summed E-state index contributed by atoms with van der Waals surface area (Å²) in [5.74, 6) is 0.656. The molecule has 1 aromatic carbocycles. The highest BCUT2D eigenvalue weighted by Gasteiger charge is 2.21. The van der Waals surface area contributed by atoms with E-state index >= 15 is 0 Å². The fourth-order valence-corrected chi connectivity index (χ4v) is 2.23. The standard InChI is InChI=1S/C13H16N4OS/c1-9(12(18)16(2)3)17-11(14-15-13(17)19)10-7-5-4-6-8-10/h4-9H,1-3H3,(H,15,19). The lowest BCUT2D eigenvalue weighted by Gasteiger charge is -2.19. The predicted molar refractivity (Wildman–Crippen MR) is 76.3 cm³/mol. The predicted octanol–water partition coefficient (Wildman–Crippen LogP) is 2.26. The van der Waals surface area contributed by atoms with Gasteiger partial charge in [0.1, 0.15) is 6.04 Å². The Morgan fingerprint density at radius 2 is 2.00 bits per heavy atom. The van der Waals surface area contributed by atoms with E-state index in [2.05, 4.69) is 10.2 Å². The molecule has 6 heteroatoms. The van der Waals surface area contributed by atoms with Crippen molar-refractivity contribution in [2.45, 2.75) is 13.0 Å². The first-order chi connectivity index (χ1) is 9.02. The van der Waals surface area contributed by atoms with Crippen molar-refractivity contribution in [3.8, 4) is 11.4 Å². The number of benzene rings is 1. The van der Waals surface area contributed by atoms with Gasteiger partial charge in [-0.15, -0.1) is 0 Å². The number of nitrogens with one attached hydrogen (secondary N) is 1. The first-order valence-corrected chi connectivity index (χ1v) is 6.36. The number of aromatic amines is 1. The molecule has 1 heterocycles. The van der Waals surface area contributed by atoms with E-state index in [1.165, 1.54) is 0 Å². The second kappa shape index (κ2) is 5.36. The summed E-state index contributed by atoms with van der Waals surface area (Å²) in [6.07, 6.45) is 0. The van der Waals surface area contributed by atoms with E-state index in [4.69, 9.17) is 12.2 Å². The third-order valence-electron chi connectivity index (χ3n) is 2.92. The molecule has 100 valence electrons. The maximum atomic E-state index is 12.1. The lowest BCUT2D eigenvalue weighted by Crippen LogP contribution is -2.30. The van der Waals surface area contributed by atoms with Crippen LogP contribution in [0.4, 0.5) is 0 Å². The molecule has 1 amide bonds. The molecule has 0 spiro atoms. The molecule has 5 nitrogen and oxygen atoms in total. The molecule has 1 N–H and O–H groups in total. The van der Waals surface area contributed by atoms with Crippen LogP contribution in [0, 0.1) is 4.77 Å². The number of hydrogen-bond donors (Lipinski definition) is 1. The Morgan fingerprint density at radius 3 is 2.58 bits per heavy atom. The lowest BCUT2D eigenvalue weighted by atomic mass is 10.2. The van der Waals surface area contributed by atoms with Gasteiger partial charge in [-0.05, 0) is 19.1 Å². The Kier molecular flexibility index (Phi) is 3.80. The summed E-state index contributed by atoms with van der Waals surface area (Å²) in [4.78, 5) is 13.6. The average Bonchev–Trinajstić information content (AvgIpc) is 2.79. The fourth-order valence-electron chi connectivity index (χ4n) is 1.94. The molecule has 1 aromatic heterocycles. The van der Waals surface area contributed by atoms with E-state index in [1.807, 2.05) is 37.3 Å². The normalized spacial score (nSPS) is 12.2. The Bertz CT molecular complexity index is 630. The molecule has 0 saturated carbocycles. The van der Waals surface area contributed by atoms with Gasteiger partial charge in [0.25, 0.3) is 0 Å². The molecule has 0 bridgehead atoms. The van der Waals surface area contributed by atoms with Crippen molar-refractivity contribution < 1.29 is 4.79 Å². The number of nitrogens with zero attached hydrogens (tertiary/aromatic N) is 3. The van der Waals surface area contributed by atoms with Crippen molar-refractivity contribution in [1.29, 1.82) is 0 Å². The number of H-pyrrole nitrogens is 1. The van der Waals surface area contributed by atoms with Gasteiger partial charge < -0.3 is 4.90 Å². The van der Waals surface area contributed by atoms with Crippen LogP contribution in [0.2, 0.25) is 0 Å². The van der Waals surface area contributed by atoms with Gasteiger partial charge in [-0.2, -0.15) is 5.10 Å². The Balaban J connectivity index is 2.50. The van der Waals surface area contributed by atoms with E-state index in [0.29, 0.717) is 10.6 Å². The number of carbonyl (C=O) groups excluding carboxylic acids is 1. The first kappa shape index (κ1) is 13.5. The number of hydrogen-bond acceptors (Lipinski definition) is 3. The molecule has 1 atom stereocenters. The van der Waals surface area contributed by atoms with Crippen LogP contribution in [0.25, 0.3) is 11.4 Å². The molecule has 0 saturated heterocycles. The molecule has 0 aliphatic carbocycles. The summed E-state index contributed by atoms with van der Waals surface area (Å²) in [5.41, 5.74) is 0.924. The zero-order valence-electron chi connectivity index (χ0n) is 11.1. The summed E-state index contributed by atoms with van der Waals surface area (Å²) in [6.45, 7) is 1.82. The summed E-state index contributed by atoms with van der Waals surface area (Å²) in [6, 6.07) is 9.27. The maximum Gasteiger partial charge on any atom is 0.244 e. The van der Waals surface area contributed by atoms with Crippen molar-refractivity contribution in [2.24, 2.45) is 0 Å². The largest absolute Gasteiger partial charge is 0.347 e. The molecule has 2 aromatic rings. The summed E-state index contributed by atoms with van der Waals surface area (Å²) in [7, 11) is 3.45. The van der Waals surface area contributed by atoms with Gasteiger partial charge in [-0.3, -0.25) is 14.5 Å². The SMILES string of the molecule is CC(C(=O)N(C)C)n1c(-c2ccccc2)n[nH]c1=S. The monoisotopic (exact) mass is 276 g/mol. The van der Waals surface area contributed by atoms with Crippen molar-refractivity contribution in [1.82, 2.24) is 19.7 Å². The summed E-state index contributed by atoms with van der Waals surface area (Å²) < 4.78 is 2.19. The Labute approximate surface area is 116 Å². The first-order valence-electron chi connectivity index (χ1n) is 5.96. The minimum atomic E-state index is -0.392. The molecule has 0 aliphatic heterocycles. The minimum Gasteiger partial charge on any atom is -0.347 e. The summed E-state index contributed by atoms with van der Waals surface area (Å²) >= 11 is 5.23. The average molecular weight is 276 g/mol. The van der Waals surface area contributed by atoms with Crippen LogP contribution in [0.15, 0.2) is 30.3 Å². The van der Waals surface area contributed by atoms with Gasteiger partial charge in [-0.25, -0.2) is 0 Å². The van der Waals surface area contributed by atoms with E-state index in [9.17, 15) is 4.79 Å². The summed E-state index contributed by atoms with van der Waals surface area (Å²) in [5, 5.41) is 6.98. The van der Waals surface area contributed by atoms with Gasteiger partial charge in [0, 0.05) is 19.7 Å². The Hall–Kier alpha value is -1.95. The zero-order valence-corrected chi connectivity index (χ0v) is 11.9. The number of amides is 1. The molecule has 19 heavy (non-hydrogen) atoms. The lowest BCUT2D eigenvalue weighted by molar-refractivity contribution is -0.131. The quantitative estimate of drug-likeness (QED) is 0.875. The van der Waals surface area contributed by atoms with Gasteiger partial charge in [0.05, 0.1) is 0 Å². The van der Waals surface area contributed by atoms with E-state index in [1.54, 1.807) is 23.6 Å². The number of aromatic nitrogens is 3. The molecular weight excluding hydrogens is 260 g/mol. The van der Waals surface area contributed by atoms with Crippen molar-refractivity contribution in [2.75, 3.05) is 14.1 Å². The zero-order chi connectivity index (χ0) is 14.0. The number of carbonyl (C=O) groups is 1. The van der Waals surface area contributed by atoms with Crippen molar-refractivity contribution >= 4 is 18.1 Å². The van der Waals surface area contributed by atoms with Crippen LogP contribution in [-0.2, 0) is 4.79 Å². The highest BCUT2D eigenvalue weighted by Crippen LogP contribution is 2.21. The smallest absolute Gasteiger partial charge is 0.244 e. The number of likely N-dealkylation sites (N-methyl/N-ethyl adjacent to an activating group) is 1. The third kappa shape index (κ3) is 2.58. The second-order valence-corrected chi connectivity index (χ2v) is 4.88. The highest BCUT2D eigenvalue weighted by atomic mass is 32.1. The van der Waals surface area contributed by atoms with E-state index in [-0.39, 0.29) is 5.91 Å². The van der Waals surface area contributed by atoms with Crippen LogP contribution < -0.4 is 0 Å². The van der Waals surface area contributed by atoms with Crippen molar-refractivity contribution in [3.05, 3.63) is 35.1 Å². The van der Waals surface area contributed by atoms with Crippen LogP contribution in [-0.4, -0.2) is 39.7 Å². The molecule has 1 unspecified atom stereocenters. The fraction of sp³-hybridized carbons (Fsp3) is 0.308. The molecule has 0 aliphatic rings. The van der Waals surface area contributed by atoms with Crippen molar-refractivity contribution in [3.63, 3.8) is 0 Å². The van der Waals surface area contributed by atoms with Crippen LogP contribution in [0.1, 0.15) is 13.0 Å².